The molecule has 0 radical (unpaired) electrons. The molecular weight excluding hydrogens is 228 g/mol. The fourth-order valence-electron chi connectivity index (χ4n) is 1.68. The fourth-order valence-corrected chi connectivity index (χ4v) is 2.41. The average molecular weight is 238 g/mol. The first kappa shape index (κ1) is 11.0. The molecule has 2 rings (SSSR count). The Labute approximate surface area is 96.6 Å². The number of benzene rings is 1. The van der Waals surface area contributed by atoms with Gasteiger partial charge in [0.1, 0.15) is 5.75 Å². The average Bonchev–Trinajstić information content (AvgIpc) is 2.27. The first-order valence-electron chi connectivity index (χ1n) is 4.75. The predicted molar refractivity (Wildman–Crippen MR) is 59.6 cm³/mol. The molecule has 1 aromatic rings. The number of aromatic carboxylic acids is 1. The van der Waals surface area contributed by atoms with E-state index in [1.54, 1.807) is 6.26 Å². The van der Waals surface area contributed by atoms with Crippen LogP contribution in [0.2, 0.25) is 0 Å². The van der Waals surface area contributed by atoms with E-state index in [-0.39, 0.29) is 11.3 Å². The summed E-state index contributed by atoms with van der Waals surface area (Å²) in [5, 5.41) is 9.01. The van der Waals surface area contributed by atoms with E-state index in [1.807, 2.05) is 0 Å². The van der Waals surface area contributed by atoms with Crippen LogP contribution in [0.5, 0.6) is 5.75 Å². The van der Waals surface area contributed by atoms with E-state index in [0.29, 0.717) is 29.2 Å². The Morgan fingerprint density at radius 3 is 2.88 bits per heavy atom. The summed E-state index contributed by atoms with van der Waals surface area (Å²) < 4.78 is 5.40. The van der Waals surface area contributed by atoms with Crippen molar-refractivity contribution in [3.05, 3.63) is 23.3 Å². The molecule has 0 unspecified atom stereocenters. The molecule has 0 spiro atoms. The molecular formula is C11H10O4S. The maximum Gasteiger partial charge on any atom is 0.336 e. The zero-order valence-corrected chi connectivity index (χ0v) is 9.47. The maximum atomic E-state index is 11.6. The minimum Gasteiger partial charge on any atom is -0.491 e. The molecule has 0 amide bonds. The number of ketones is 1. The van der Waals surface area contributed by atoms with E-state index in [0.717, 1.165) is 0 Å². The quantitative estimate of drug-likeness (QED) is 0.799. The second kappa shape index (κ2) is 4.17. The zero-order valence-electron chi connectivity index (χ0n) is 8.65. The highest BCUT2D eigenvalue weighted by Gasteiger charge is 2.25. The highest BCUT2D eigenvalue weighted by molar-refractivity contribution is 7.98. The van der Waals surface area contributed by atoms with Crippen LogP contribution in [0.3, 0.4) is 0 Å². The Morgan fingerprint density at radius 2 is 2.25 bits per heavy atom. The van der Waals surface area contributed by atoms with Crippen LogP contribution < -0.4 is 4.74 Å². The first-order valence-corrected chi connectivity index (χ1v) is 5.98. The van der Waals surface area contributed by atoms with Crippen molar-refractivity contribution in [3.8, 4) is 5.75 Å². The van der Waals surface area contributed by atoms with Gasteiger partial charge in [-0.3, -0.25) is 4.79 Å². The van der Waals surface area contributed by atoms with E-state index in [2.05, 4.69) is 0 Å². The number of carbonyl (C=O) groups excluding carboxylic acids is 1. The molecule has 84 valence electrons. The third-order valence-corrected chi connectivity index (χ3v) is 3.24. The number of thioether (sulfide) groups is 1. The van der Waals surface area contributed by atoms with Gasteiger partial charge >= 0.3 is 5.97 Å². The Bertz CT molecular complexity index is 452. The number of fused-ring (bicyclic) bond motifs is 1. The molecule has 16 heavy (non-hydrogen) atoms. The van der Waals surface area contributed by atoms with Gasteiger partial charge in [0, 0.05) is 6.42 Å². The number of rotatable bonds is 2. The maximum absolute atomic E-state index is 11.6. The molecule has 5 heteroatoms. The Balaban J connectivity index is 2.64. The molecule has 0 fully saturated rings. The van der Waals surface area contributed by atoms with E-state index >= 15 is 0 Å². The molecule has 1 heterocycles. The smallest absolute Gasteiger partial charge is 0.336 e. The van der Waals surface area contributed by atoms with Crippen LogP contribution >= 0.6 is 11.8 Å². The monoisotopic (exact) mass is 238 g/mol. The molecule has 1 aromatic carbocycles. The van der Waals surface area contributed by atoms with Gasteiger partial charge in [0.25, 0.3) is 0 Å². The number of hydrogen-bond donors (Lipinski definition) is 1. The number of ether oxygens (including phenoxy) is 1. The second-order valence-electron chi connectivity index (χ2n) is 3.35. The van der Waals surface area contributed by atoms with Gasteiger partial charge in [-0.25, -0.2) is 4.79 Å². The lowest BCUT2D eigenvalue weighted by Crippen LogP contribution is -2.17. The molecule has 0 saturated heterocycles. The molecule has 1 aliphatic heterocycles. The van der Waals surface area contributed by atoms with E-state index in [9.17, 15) is 9.59 Å². The molecule has 0 atom stereocenters. The molecule has 4 nitrogen and oxygen atoms in total. The van der Waals surface area contributed by atoms with Crippen LogP contribution in [-0.4, -0.2) is 29.7 Å². The largest absolute Gasteiger partial charge is 0.491 e. The van der Waals surface area contributed by atoms with Gasteiger partial charge in [-0.1, -0.05) is 0 Å². The van der Waals surface area contributed by atoms with Crippen LogP contribution in [-0.2, 0) is 0 Å². The van der Waals surface area contributed by atoms with Crippen molar-refractivity contribution >= 4 is 23.5 Å². The van der Waals surface area contributed by atoms with Gasteiger partial charge in [-0.15, -0.1) is 11.8 Å². The fraction of sp³-hybridized carbons (Fsp3) is 0.273. The van der Waals surface area contributed by atoms with Crippen LogP contribution in [0.4, 0.5) is 0 Å². The lowest BCUT2D eigenvalue weighted by atomic mass is 10.0. The summed E-state index contributed by atoms with van der Waals surface area (Å²) in [5.74, 6) is -0.578. The predicted octanol–water partition coefficient (Wildman–Crippen LogP) is 2.07. The summed E-state index contributed by atoms with van der Waals surface area (Å²) in [6.07, 6.45) is 2.12. The Hall–Kier alpha value is -1.49. The molecule has 1 N–H and O–H groups in total. The molecule has 0 saturated carbocycles. The van der Waals surface area contributed by atoms with Crippen molar-refractivity contribution in [2.24, 2.45) is 0 Å². The number of carboxylic acids is 1. The van der Waals surface area contributed by atoms with Gasteiger partial charge in [0.15, 0.2) is 5.78 Å². The summed E-state index contributed by atoms with van der Waals surface area (Å²) in [5.41, 5.74) is 0.668. The minimum absolute atomic E-state index is 0.00786. The van der Waals surface area contributed by atoms with E-state index in [4.69, 9.17) is 9.84 Å². The minimum atomic E-state index is -1.01. The van der Waals surface area contributed by atoms with Crippen molar-refractivity contribution in [1.82, 2.24) is 0 Å². The molecule has 0 bridgehead atoms. The Morgan fingerprint density at radius 1 is 1.50 bits per heavy atom. The number of hydrogen-bond acceptors (Lipinski definition) is 4. The zero-order chi connectivity index (χ0) is 11.7. The standard InChI is InChI=1S/C11H10O4S/c1-16-10-7(11(13)14)3-2-6-8(12)4-5-15-9(6)10/h2-3H,4-5H2,1H3,(H,13,14). The van der Waals surface area contributed by atoms with Crippen LogP contribution in [0.1, 0.15) is 27.1 Å². The number of carboxylic acid groups (broad SMARTS) is 1. The normalized spacial score (nSPS) is 14.2. The number of Topliss-reactive ketones (excluding diaryl/α,β-unsaturated/α-hetero) is 1. The molecule has 1 aliphatic rings. The van der Waals surface area contributed by atoms with Crippen molar-refractivity contribution in [1.29, 1.82) is 0 Å². The number of carbonyl (C=O) groups is 2. The van der Waals surface area contributed by atoms with Gasteiger partial charge in [0.2, 0.25) is 0 Å². The van der Waals surface area contributed by atoms with E-state index in [1.165, 1.54) is 23.9 Å². The van der Waals surface area contributed by atoms with Gasteiger partial charge < -0.3 is 9.84 Å². The van der Waals surface area contributed by atoms with E-state index < -0.39 is 5.97 Å². The summed E-state index contributed by atoms with van der Waals surface area (Å²) in [6, 6.07) is 2.99. The highest BCUT2D eigenvalue weighted by atomic mass is 32.2. The van der Waals surface area contributed by atoms with Gasteiger partial charge in [-0.2, -0.15) is 0 Å². The summed E-state index contributed by atoms with van der Waals surface area (Å²) >= 11 is 1.28. The highest BCUT2D eigenvalue weighted by Crippen LogP contribution is 2.37. The van der Waals surface area contributed by atoms with Gasteiger partial charge in [0.05, 0.1) is 22.6 Å². The van der Waals surface area contributed by atoms with Crippen LogP contribution in [0, 0.1) is 0 Å². The van der Waals surface area contributed by atoms with Crippen molar-refractivity contribution in [3.63, 3.8) is 0 Å². The Kier molecular flexibility index (Phi) is 2.87. The van der Waals surface area contributed by atoms with Crippen molar-refractivity contribution in [2.75, 3.05) is 12.9 Å². The van der Waals surface area contributed by atoms with Crippen molar-refractivity contribution < 1.29 is 19.4 Å². The lowest BCUT2D eigenvalue weighted by Gasteiger charge is -2.19. The topological polar surface area (TPSA) is 63.6 Å². The summed E-state index contributed by atoms with van der Waals surface area (Å²) in [7, 11) is 0. The molecule has 0 aliphatic carbocycles. The second-order valence-corrected chi connectivity index (χ2v) is 4.17. The lowest BCUT2D eigenvalue weighted by molar-refractivity contribution is 0.0690. The van der Waals surface area contributed by atoms with Crippen LogP contribution in [0.25, 0.3) is 0 Å². The van der Waals surface area contributed by atoms with Crippen LogP contribution in [0.15, 0.2) is 17.0 Å². The summed E-state index contributed by atoms with van der Waals surface area (Å²) in [6.45, 7) is 0.322. The van der Waals surface area contributed by atoms with Gasteiger partial charge in [-0.05, 0) is 18.4 Å². The third kappa shape index (κ3) is 1.67. The SMILES string of the molecule is CSc1c(C(=O)O)ccc2c1OCCC2=O. The first-order chi connectivity index (χ1) is 7.65. The van der Waals surface area contributed by atoms with Crippen molar-refractivity contribution in [2.45, 2.75) is 11.3 Å². The third-order valence-electron chi connectivity index (χ3n) is 2.42. The molecule has 0 aromatic heterocycles. The summed E-state index contributed by atoms with van der Waals surface area (Å²) in [4.78, 5) is 23.1.